The van der Waals surface area contributed by atoms with Crippen LogP contribution in [0.5, 0.6) is 0 Å². The first-order chi connectivity index (χ1) is 11.8. The molecule has 1 aliphatic rings. The summed E-state index contributed by atoms with van der Waals surface area (Å²) in [6.45, 7) is 5.34. The van der Waals surface area contributed by atoms with E-state index < -0.39 is 0 Å². The highest BCUT2D eigenvalue weighted by Crippen LogP contribution is 2.28. The number of hydrogen-bond acceptors (Lipinski definition) is 5. The summed E-state index contributed by atoms with van der Waals surface area (Å²) in [5.41, 5.74) is 2.26. The van der Waals surface area contributed by atoms with Gasteiger partial charge in [-0.15, -0.1) is 11.3 Å². The van der Waals surface area contributed by atoms with Crippen molar-refractivity contribution in [3.63, 3.8) is 0 Å². The molecule has 124 valence electrons. The lowest BCUT2D eigenvalue weighted by Gasteiger charge is -2.32. The Kier molecular flexibility index (Phi) is 4.47. The normalized spacial score (nSPS) is 18.8. The fourth-order valence-corrected chi connectivity index (χ4v) is 3.66. The molecule has 0 spiro atoms. The second-order valence-corrected chi connectivity index (χ2v) is 6.95. The quantitative estimate of drug-likeness (QED) is 0.710. The van der Waals surface area contributed by atoms with E-state index in [1.807, 2.05) is 30.5 Å². The predicted octanol–water partition coefficient (Wildman–Crippen LogP) is 4.29. The molecule has 1 unspecified atom stereocenters. The van der Waals surface area contributed by atoms with Crippen LogP contribution < -0.4 is 0 Å². The first kappa shape index (κ1) is 15.6. The molecule has 1 aliphatic heterocycles. The number of morpholine rings is 1. The molecule has 0 aliphatic carbocycles. The number of rotatable bonds is 4. The standard InChI is InChI=1S/C19H20N2O2S/c1-14-16(20-19(23-14)18-8-5-11-24-18)12-21-9-10-22-17(13-21)15-6-3-2-4-7-15/h2-8,11,17H,9-10,12-13H2,1H3. The zero-order valence-corrected chi connectivity index (χ0v) is 14.5. The van der Waals surface area contributed by atoms with Crippen molar-refractivity contribution in [3.8, 4) is 10.8 Å². The van der Waals surface area contributed by atoms with Gasteiger partial charge in [0, 0.05) is 19.6 Å². The molecule has 24 heavy (non-hydrogen) atoms. The fraction of sp³-hybridized carbons (Fsp3) is 0.316. The largest absolute Gasteiger partial charge is 0.440 e. The van der Waals surface area contributed by atoms with Crippen molar-refractivity contribution >= 4 is 11.3 Å². The minimum absolute atomic E-state index is 0.129. The van der Waals surface area contributed by atoms with Gasteiger partial charge in [0.25, 0.3) is 0 Å². The van der Waals surface area contributed by atoms with Gasteiger partial charge in [0.2, 0.25) is 5.89 Å². The second kappa shape index (κ2) is 6.89. The van der Waals surface area contributed by atoms with Gasteiger partial charge in [-0.25, -0.2) is 4.98 Å². The third-order valence-electron chi connectivity index (χ3n) is 4.32. The molecular weight excluding hydrogens is 320 g/mol. The SMILES string of the molecule is Cc1oc(-c2cccs2)nc1CN1CCOC(c2ccccc2)C1. The zero-order valence-electron chi connectivity index (χ0n) is 13.6. The number of thiophene rings is 1. The highest BCUT2D eigenvalue weighted by Gasteiger charge is 2.23. The summed E-state index contributed by atoms with van der Waals surface area (Å²) in [5, 5.41) is 2.04. The highest BCUT2D eigenvalue weighted by atomic mass is 32.1. The molecule has 1 atom stereocenters. The van der Waals surface area contributed by atoms with Crippen LogP contribution in [0.25, 0.3) is 10.8 Å². The first-order valence-corrected chi connectivity index (χ1v) is 9.06. The minimum atomic E-state index is 0.129. The van der Waals surface area contributed by atoms with Gasteiger partial charge >= 0.3 is 0 Å². The monoisotopic (exact) mass is 340 g/mol. The molecule has 0 N–H and O–H groups in total. The topological polar surface area (TPSA) is 38.5 Å². The van der Waals surface area contributed by atoms with Crippen LogP contribution in [0.3, 0.4) is 0 Å². The summed E-state index contributed by atoms with van der Waals surface area (Å²) in [4.78, 5) is 8.18. The molecule has 0 bridgehead atoms. The lowest BCUT2D eigenvalue weighted by molar-refractivity contribution is -0.0333. The van der Waals surface area contributed by atoms with E-state index in [2.05, 4.69) is 29.2 Å². The van der Waals surface area contributed by atoms with E-state index in [0.29, 0.717) is 0 Å². The Labute approximate surface area is 145 Å². The van der Waals surface area contributed by atoms with Crippen LogP contribution in [0.2, 0.25) is 0 Å². The number of benzene rings is 1. The average Bonchev–Trinajstić information content (AvgIpc) is 3.27. The van der Waals surface area contributed by atoms with Gasteiger partial charge in [0.15, 0.2) is 0 Å². The molecule has 5 heteroatoms. The van der Waals surface area contributed by atoms with Crippen molar-refractivity contribution in [2.24, 2.45) is 0 Å². The zero-order chi connectivity index (χ0) is 16.4. The molecular formula is C19H20N2O2S. The fourth-order valence-electron chi connectivity index (χ4n) is 3.01. The van der Waals surface area contributed by atoms with E-state index in [-0.39, 0.29) is 6.10 Å². The van der Waals surface area contributed by atoms with Gasteiger partial charge < -0.3 is 9.15 Å². The molecule has 1 fully saturated rings. The van der Waals surface area contributed by atoms with Crippen molar-refractivity contribution in [1.29, 1.82) is 0 Å². The molecule has 0 saturated carbocycles. The Morgan fingerprint density at radius 3 is 2.88 bits per heavy atom. The summed E-state index contributed by atoms with van der Waals surface area (Å²) in [7, 11) is 0. The van der Waals surface area contributed by atoms with E-state index in [1.165, 1.54) is 5.56 Å². The molecule has 1 aromatic carbocycles. The van der Waals surface area contributed by atoms with E-state index in [9.17, 15) is 0 Å². The molecule has 2 aromatic heterocycles. The third kappa shape index (κ3) is 3.29. The van der Waals surface area contributed by atoms with Crippen molar-refractivity contribution < 1.29 is 9.15 Å². The van der Waals surface area contributed by atoms with Crippen LogP contribution in [0.1, 0.15) is 23.1 Å². The number of hydrogen-bond donors (Lipinski definition) is 0. The maximum absolute atomic E-state index is 5.94. The van der Waals surface area contributed by atoms with Gasteiger partial charge in [0.05, 0.1) is 23.3 Å². The van der Waals surface area contributed by atoms with Crippen molar-refractivity contribution in [2.75, 3.05) is 19.7 Å². The Bertz CT molecular complexity index is 783. The molecule has 3 heterocycles. The lowest BCUT2D eigenvalue weighted by Crippen LogP contribution is -2.38. The van der Waals surface area contributed by atoms with Gasteiger partial charge in [-0.3, -0.25) is 4.90 Å². The number of oxazole rings is 1. The summed E-state index contributed by atoms with van der Waals surface area (Å²) in [6, 6.07) is 14.5. The van der Waals surface area contributed by atoms with E-state index in [1.54, 1.807) is 11.3 Å². The maximum Gasteiger partial charge on any atom is 0.236 e. The van der Waals surface area contributed by atoms with Crippen LogP contribution in [-0.2, 0) is 11.3 Å². The molecule has 4 rings (SSSR count). The van der Waals surface area contributed by atoms with Crippen LogP contribution >= 0.6 is 11.3 Å². The highest BCUT2D eigenvalue weighted by molar-refractivity contribution is 7.13. The van der Waals surface area contributed by atoms with E-state index >= 15 is 0 Å². The van der Waals surface area contributed by atoms with Crippen LogP contribution in [0, 0.1) is 6.92 Å². The maximum atomic E-state index is 5.94. The number of nitrogens with zero attached hydrogens (tertiary/aromatic N) is 2. The van der Waals surface area contributed by atoms with E-state index in [0.717, 1.165) is 48.5 Å². The number of ether oxygens (including phenoxy) is 1. The molecule has 0 amide bonds. The molecule has 4 nitrogen and oxygen atoms in total. The van der Waals surface area contributed by atoms with Gasteiger partial charge in [0.1, 0.15) is 5.76 Å². The van der Waals surface area contributed by atoms with Crippen LogP contribution in [0.15, 0.2) is 52.3 Å². The summed E-state index contributed by atoms with van der Waals surface area (Å²) >= 11 is 1.65. The first-order valence-electron chi connectivity index (χ1n) is 8.18. The smallest absolute Gasteiger partial charge is 0.236 e. The Hall–Kier alpha value is -1.95. The molecule has 1 saturated heterocycles. The van der Waals surface area contributed by atoms with Crippen molar-refractivity contribution in [3.05, 3.63) is 64.9 Å². The second-order valence-electron chi connectivity index (χ2n) is 6.00. The third-order valence-corrected chi connectivity index (χ3v) is 5.18. The number of aromatic nitrogens is 1. The Morgan fingerprint density at radius 1 is 1.21 bits per heavy atom. The summed E-state index contributed by atoms with van der Waals surface area (Å²) < 4.78 is 11.8. The summed E-state index contributed by atoms with van der Waals surface area (Å²) in [6.07, 6.45) is 0.129. The van der Waals surface area contributed by atoms with Crippen molar-refractivity contribution in [1.82, 2.24) is 9.88 Å². The predicted molar refractivity (Wildman–Crippen MR) is 95.0 cm³/mol. The van der Waals surface area contributed by atoms with Crippen molar-refractivity contribution in [2.45, 2.75) is 19.6 Å². The average molecular weight is 340 g/mol. The van der Waals surface area contributed by atoms with Gasteiger partial charge in [-0.1, -0.05) is 36.4 Å². The van der Waals surface area contributed by atoms with E-state index in [4.69, 9.17) is 14.1 Å². The Balaban J connectivity index is 1.47. The minimum Gasteiger partial charge on any atom is -0.440 e. The Morgan fingerprint density at radius 2 is 2.08 bits per heavy atom. The lowest BCUT2D eigenvalue weighted by atomic mass is 10.1. The molecule has 0 radical (unpaired) electrons. The van der Waals surface area contributed by atoms with Crippen LogP contribution in [0.4, 0.5) is 0 Å². The molecule has 3 aromatic rings. The van der Waals surface area contributed by atoms with Crippen LogP contribution in [-0.4, -0.2) is 29.6 Å². The summed E-state index contributed by atoms with van der Waals surface area (Å²) in [5.74, 6) is 1.63. The van der Waals surface area contributed by atoms with Gasteiger partial charge in [-0.05, 0) is 23.9 Å². The van der Waals surface area contributed by atoms with Gasteiger partial charge in [-0.2, -0.15) is 0 Å². The number of aryl methyl sites for hydroxylation is 1.